The maximum absolute atomic E-state index is 5.52. The summed E-state index contributed by atoms with van der Waals surface area (Å²) in [6, 6.07) is 0. The molecule has 1 aromatic heterocycles. The molecule has 0 aliphatic rings. The van der Waals surface area contributed by atoms with Crippen LogP contribution in [0.4, 0.5) is 0 Å². The molecule has 0 radical (unpaired) electrons. The Bertz CT molecular complexity index is 297. The van der Waals surface area contributed by atoms with Crippen molar-refractivity contribution in [1.82, 2.24) is 14.9 Å². The van der Waals surface area contributed by atoms with Crippen molar-refractivity contribution in [3.05, 3.63) is 18.2 Å². The van der Waals surface area contributed by atoms with E-state index in [0.717, 1.165) is 39.3 Å². The molecule has 4 nitrogen and oxygen atoms in total. The third kappa shape index (κ3) is 5.84. The monoisotopic (exact) mass is 239 g/mol. The lowest BCUT2D eigenvalue weighted by molar-refractivity contribution is 0.108. The van der Waals surface area contributed by atoms with E-state index in [1.165, 1.54) is 5.69 Å². The molecular weight excluding hydrogens is 214 g/mol. The van der Waals surface area contributed by atoms with Crippen LogP contribution in [-0.2, 0) is 17.8 Å². The van der Waals surface area contributed by atoms with Gasteiger partial charge in [-0.2, -0.15) is 0 Å². The van der Waals surface area contributed by atoms with Crippen molar-refractivity contribution in [2.45, 2.75) is 40.3 Å². The first kappa shape index (κ1) is 14.2. The van der Waals surface area contributed by atoms with Crippen molar-refractivity contribution >= 4 is 0 Å². The quantitative estimate of drug-likeness (QED) is 0.670. The van der Waals surface area contributed by atoms with Gasteiger partial charge in [0.1, 0.15) is 0 Å². The van der Waals surface area contributed by atoms with E-state index in [1.807, 2.05) is 12.5 Å². The predicted molar refractivity (Wildman–Crippen MR) is 69.9 cm³/mol. The molecule has 98 valence electrons. The molecule has 0 aliphatic carbocycles. The van der Waals surface area contributed by atoms with E-state index in [0.29, 0.717) is 5.92 Å². The largest absolute Gasteiger partial charge is 0.381 e. The summed E-state index contributed by atoms with van der Waals surface area (Å²) >= 11 is 0. The van der Waals surface area contributed by atoms with Gasteiger partial charge in [0.15, 0.2) is 0 Å². The Morgan fingerprint density at radius 1 is 1.47 bits per heavy atom. The van der Waals surface area contributed by atoms with E-state index in [9.17, 15) is 0 Å². The summed E-state index contributed by atoms with van der Waals surface area (Å²) in [5.41, 5.74) is 1.25. The highest BCUT2D eigenvalue weighted by Crippen LogP contribution is 1.98. The first-order chi connectivity index (χ1) is 8.24. The van der Waals surface area contributed by atoms with Crippen molar-refractivity contribution in [2.24, 2.45) is 5.92 Å². The number of aromatic nitrogens is 2. The molecule has 0 unspecified atom stereocenters. The highest BCUT2D eigenvalue weighted by Gasteiger charge is 1.99. The van der Waals surface area contributed by atoms with Gasteiger partial charge in [-0.25, -0.2) is 4.98 Å². The Hall–Kier alpha value is -0.870. The number of aryl methyl sites for hydroxylation is 1. The van der Waals surface area contributed by atoms with Gasteiger partial charge in [-0.05, 0) is 25.8 Å². The average Bonchev–Trinajstić information content (AvgIpc) is 2.74. The molecule has 1 rings (SSSR count). The molecule has 0 aromatic carbocycles. The molecule has 4 heteroatoms. The SMILES string of the molecule is CCn1cncc1CNCCCOCC(C)C. The predicted octanol–water partition coefficient (Wildman–Crippen LogP) is 2.06. The van der Waals surface area contributed by atoms with Crippen LogP contribution in [0.15, 0.2) is 12.5 Å². The Kier molecular flexibility index (Phi) is 6.89. The summed E-state index contributed by atoms with van der Waals surface area (Å²) in [5.74, 6) is 0.627. The van der Waals surface area contributed by atoms with E-state index < -0.39 is 0 Å². The zero-order valence-electron chi connectivity index (χ0n) is 11.3. The number of rotatable bonds is 9. The lowest BCUT2D eigenvalue weighted by Gasteiger charge is -2.08. The van der Waals surface area contributed by atoms with Gasteiger partial charge in [0.2, 0.25) is 0 Å². The van der Waals surface area contributed by atoms with Gasteiger partial charge in [-0.15, -0.1) is 0 Å². The Balaban J connectivity index is 2.01. The van der Waals surface area contributed by atoms with Crippen molar-refractivity contribution < 1.29 is 4.74 Å². The minimum absolute atomic E-state index is 0.627. The third-order valence-electron chi connectivity index (χ3n) is 2.54. The summed E-state index contributed by atoms with van der Waals surface area (Å²) in [7, 11) is 0. The van der Waals surface area contributed by atoms with Gasteiger partial charge in [-0.1, -0.05) is 13.8 Å². The fraction of sp³-hybridized carbons (Fsp3) is 0.769. The third-order valence-corrected chi connectivity index (χ3v) is 2.54. The number of hydrogen-bond donors (Lipinski definition) is 1. The van der Waals surface area contributed by atoms with Crippen LogP contribution in [0.3, 0.4) is 0 Å². The molecule has 0 atom stereocenters. The minimum atomic E-state index is 0.627. The van der Waals surface area contributed by atoms with E-state index >= 15 is 0 Å². The van der Waals surface area contributed by atoms with Gasteiger partial charge in [0.05, 0.1) is 12.0 Å². The first-order valence-corrected chi connectivity index (χ1v) is 6.51. The summed E-state index contributed by atoms with van der Waals surface area (Å²) in [6.07, 6.45) is 4.86. The van der Waals surface area contributed by atoms with E-state index in [-0.39, 0.29) is 0 Å². The molecule has 0 fully saturated rings. The lowest BCUT2D eigenvalue weighted by Crippen LogP contribution is -2.18. The van der Waals surface area contributed by atoms with Gasteiger partial charge >= 0.3 is 0 Å². The van der Waals surface area contributed by atoms with Crippen molar-refractivity contribution in [3.8, 4) is 0 Å². The van der Waals surface area contributed by atoms with Gasteiger partial charge in [0, 0.05) is 32.5 Å². The molecule has 0 saturated heterocycles. The maximum Gasteiger partial charge on any atom is 0.0948 e. The van der Waals surface area contributed by atoms with Crippen LogP contribution in [0.2, 0.25) is 0 Å². The molecule has 1 N–H and O–H groups in total. The maximum atomic E-state index is 5.52. The van der Waals surface area contributed by atoms with Crippen molar-refractivity contribution in [3.63, 3.8) is 0 Å². The Labute approximate surface area is 104 Å². The minimum Gasteiger partial charge on any atom is -0.381 e. The first-order valence-electron chi connectivity index (χ1n) is 6.51. The number of nitrogens with one attached hydrogen (secondary N) is 1. The summed E-state index contributed by atoms with van der Waals surface area (Å²) in [5, 5.41) is 3.41. The molecule has 1 heterocycles. The van der Waals surface area contributed by atoms with Gasteiger partial charge in [0.25, 0.3) is 0 Å². The second-order valence-corrected chi connectivity index (χ2v) is 4.67. The van der Waals surface area contributed by atoms with E-state index in [4.69, 9.17) is 4.74 Å². The van der Waals surface area contributed by atoms with Crippen LogP contribution >= 0.6 is 0 Å². The molecule has 0 amide bonds. The summed E-state index contributed by atoms with van der Waals surface area (Å²) in [6.45, 7) is 11.0. The van der Waals surface area contributed by atoms with Crippen LogP contribution < -0.4 is 5.32 Å². The fourth-order valence-electron chi connectivity index (χ4n) is 1.61. The Morgan fingerprint density at radius 2 is 2.29 bits per heavy atom. The lowest BCUT2D eigenvalue weighted by atomic mass is 10.2. The molecule has 0 bridgehead atoms. The van der Waals surface area contributed by atoms with Crippen LogP contribution in [-0.4, -0.2) is 29.3 Å². The smallest absolute Gasteiger partial charge is 0.0948 e. The molecule has 0 aliphatic heterocycles. The summed E-state index contributed by atoms with van der Waals surface area (Å²) < 4.78 is 7.67. The summed E-state index contributed by atoms with van der Waals surface area (Å²) in [4.78, 5) is 4.14. The highest BCUT2D eigenvalue weighted by atomic mass is 16.5. The van der Waals surface area contributed by atoms with Gasteiger partial charge in [-0.3, -0.25) is 0 Å². The van der Waals surface area contributed by atoms with Crippen LogP contribution in [0.25, 0.3) is 0 Å². The molecule has 0 saturated carbocycles. The van der Waals surface area contributed by atoms with Crippen LogP contribution in [0, 0.1) is 5.92 Å². The normalized spacial score (nSPS) is 11.3. The number of ether oxygens (including phenoxy) is 1. The topological polar surface area (TPSA) is 39.1 Å². The zero-order chi connectivity index (χ0) is 12.5. The van der Waals surface area contributed by atoms with Gasteiger partial charge < -0.3 is 14.6 Å². The number of hydrogen-bond acceptors (Lipinski definition) is 3. The van der Waals surface area contributed by atoms with Crippen LogP contribution in [0.1, 0.15) is 32.9 Å². The number of imidazole rings is 1. The second kappa shape index (κ2) is 8.25. The van der Waals surface area contributed by atoms with Crippen LogP contribution in [0.5, 0.6) is 0 Å². The highest BCUT2D eigenvalue weighted by molar-refractivity contribution is 4.97. The second-order valence-electron chi connectivity index (χ2n) is 4.67. The molecular formula is C13H25N3O. The van der Waals surface area contributed by atoms with E-state index in [1.54, 1.807) is 0 Å². The van der Waals surface area contributed by atoms with Crippen molar-refractivity contribution in [2.75, 3.05) is 19.8 Å². The average molecular weight is 239 g/mol. The molecule has 0 spiro atoms. The molecule has 1 aromatic rings. The Morgan fingerprint density at radius 3 is 3.00 bits per heavy atom. The van der Waals surface area contributed by atoms with Crippen molar-refractivity contribution in [1.29, 1.82) is 0 Å². The fourth-order valence-corrected chi connectivity index (χ4v) is 1.61. The zero-order valence-corrected chi connectivity index (χ0v) is 11.3. The standard InChI is InChI=1S/C13H25N3O/c1-4-16-11-15-9-13(16)8-14-6-5-7-17-10-12(2)3/h9,11-12,14H,4-8,10H2,1-3H3. The van der Waals surface area contributed by atoms with E-state index in [2.05, 4.69) is 35.6 Å². The number of nitrogens with zero attached hydrogens (tertiary/aromatic N) is 2. The molecule has 17 heavy (non-hydrogen) atoms.